The van der Waals surface area contributed by atoms with Crippen LogP contribution in [0.1, 0.15) is 6.92 Å². The number of carboxylic acids is 1. The van der Waals surface area contributed by atoms with Crippen LogP contribution in [0.25, 0.3) is 0 Å². The second-order valence-corrected chi connectivity index (χ2v) is 7.44. The number of carbonyl (C=O) groups is 1. The molecule has 1 atom stereocenters. The summed E-state index contributed by atoms with van der Waals surface area (Å²) >= 11 is 11.7. The fourth-order valence-electron chi connectivity index (χ4n) is 2.00. The number of hydrogen-bond acceptors (Lipinski definition) is 3. The summed E-state index contributed by atoms with van der Waals surface area (Å²) in [4.78, 5) is 11.3. The van der Waals surface area contributed by atoms with E-state index in [0.717, 1.165) is 4.31 Å². The molecular weight excluding hydrogens is 361 g/mol. The van der Waals surface area contributed by atoms with Crippen LogP contribution in [0.3, 0.4) is 0 Å². The molecule has 8 heteroatoms. The lowest BCUT2D eigenvalue weighted by molar-refractivity contribution is -0.137. The van der Waals surface area contributed by atoms with Crippen LogP contribution < -0.4 is 4.31 Å². The van der Waals surface area contributed by atoms with Crippen molar-refractivity contribution in [1.29, 1.82) is 0 Å². The van der Waals surface area contributed by atoms with E-state index < -0.39 is 22.0 Å². The van der Waals surface area contributed by atoms with Crippen LogP contribution in [-0.2, 0) is 14.8 Å². The molecule has 0 spiro atoms. The molecule has 1 unspecified atom stereocenters. The lowest BCUT2D eigenvalue weighted by Crippen LogP contribution is -2.43. The van der Waals surface area contributed by atoms with Gasteiger partial charge in [-0.2, -0.15) is 0 Å². The van der Waals surface area contributed by atoms with Crippen molar-refractivity contribution < 1.29 is 18.3 Å². The summed E-state index contributed by atoms with van der Waals surface area (Å²) in [6.07, 6.45) is 0. The fourth-order valence-corrected chi connectivity index (χ4v) is 3.92. The van der Waals surface area contributed by atoms with Gasteiger partial charge in [-0.1, -0.05) is 29.3 Å². The number of aliphatic carboxylic acids is 1. The molecule has 0 radical (unpaired) electrons. The van der Waals surface area contributed by atoms with Gasteiger partial charge >= 0.3 is 5.97 Å². The summed E-state index contributed by atoms with van der Waals surface area (Å²) < 4.78 is 26.6. The maximum Gasteiger partial charge on any atom is 0.327 e. The largest absolute Gasteiger partial charge is 0.480 e. The summed E-state index contributed by atoms with van der Waals surface area (Å²) in [7, 11) is -4.10. The zero-order chi connectivity index (χ0) is 17.2. The van der Waals surface area contributed by atoms with E-state index in [2.05, 4.69) is 0 Å². The van der Waals surface area contributed by atoms with E-state index in [9.17, 15) is 18.3 Å². The van der Waals surface area contributed by atoms with Crippen molar-refractivity contribution in [3.05, 3.63) is 58.6 Å². The third kappa shape index (κ3) is 3.77. The molecule has 1 N–H and O–H groups in total. The molecule has 2 rings (SSSR count). The fraction of sp³-hybridized carbons (Fsp3) is 0.133. The Labute approximate surface area is 144 Å². The third-order valence-electron chi connectivity index (χ3n) is 3.14. The van der Waals surface area contributed by atoms with E-state index in [1.807, 2.05) is 0 Å². The quantitative estimate of drug-likeness (QED) is 0.867. The Kier molecular flexibility index (Phi) is 5.19. The van der Waals surface area contributed by atoms with Gasteiger partial charge in [0.2, 0.25) is 0 Å². The number of carboxylic acid groups (broad SMARTS) is 1. The molecule has 0 saturated carbocycles. The van der Waals surface area contributed by atoms with Crippen LogP contribution >= 0.6 is 23.2 Å². The smallest absolute Gasteiger partial charge is 0.327 e. The Morgan fingerprint density at radius 3 is 2.22 bits per heavy atom. The van der Waals surface area contributed by atoms with E-state index >= 15 is 0 Å². The Morgan fingerprint density at radius 1 is 1.09 bits per heavy atom. The van der Waals surface area contributed by atoms with Gasteiger partial charge in [-0.3, -0.25) is 4.31 Å². The SMILES string of the molecule is CC(C(=O)O)N(c1cccc(Cl)c1)S(=O)(=O)c1ccc(Cl)cc1. The Bertz CT molecular complexity index is 822. The summed E-state index contributed by atoms with van der Waals surface area (Å²) in [5.74, 6) is -1.28. The van der Waals surface area contributed by atoms with E-state index in [-0.39, 0.29) is 10.6 Å². The zero-order valence-electron chi connectivity index (χ0n) is 12.0. The molecule has 0 fully saturated rings. The standard InChI is InChI=1S/C15H13Cl2NO4S/c1-10(15(19)20)18(13-4-2-3-12(17)9-13)23(21,22)14-7-5-11(16)6-8-14/h2-10H,1H3,(H,19,20). The number of rotatable bonds is 5. The summed E-state index contributed by atoms with van der Waals surface area (Å²) in [5.41, 5.74) is 0.169. The monoisotopic (exact) mass is 373 g/mol. The minimum absolute atomic E-state index is 0.0602. The first-order valence-electron chi connectivity index (χ1n) is 6.52. The number of anilines is 1. The normalized spacial score (nSPS) is 12.7. The predicted molar refractivity (Wildman–Crippen MR) is 89.7 cm³/mol. The average Bonchev–Trinajstić information content (AvgIpc) is 2.47. The van der Waals surface area contributed by atoms with Crippen LogP contribution in [0.2, 0.25) is 10.0 Å². The molecule has 2 aromatic rings. The molecule has 23 heavy (non-hydrogen) atoms. The highest BCUT2D eigenvalue weighted by atomic mass is 35.5. The summed E-state index contributed by atoms with van der Waals surface area (Å²) in [5, 5.41) is 9.96. The van der Waals surface area contributed by atoms with Crippen molar-refractivity contribution in [3.63, 3.8) is 0 Å². The third-order valence-corrected chi connectivity index (χ3v) is 5.54. The maximum absolute atomic E-state index is 12.9. The molecule has 5 nitrogen and oxygen atoms in total. The molecule has 0 bridgehead atoms. The van der Waals surface area contributed by atoms with Gasteiger partial charge in [0.05, 0.1) is 10.6 Å². The molecule has 0 amide bonds. The van der Waals surface area contributed by atoms with E-state index in [1.165, 1.54) is 43.3 Å². The number of halogens is 2. The molecule has 0 heterocycles. The van der Waals surface area contributed by atoms with Crippen LogP contribution in [0.15, 0.2) is 53.4 Å². The second-order valence-electron chi connectivity index (χ2n) is 4.75. The first kappa shape index (κ1) is 17.6. The van der Waals surface area contributed by atoms with Gasteiger partial charge in [0.1, 0.15) is 6.04 Å². The molecular formula is C15H13Cl2NO4S. The molecule has 0 aliphatic rings. The minimum atomic E-state index is -4.10. The van der Waals surface area contributed by atoms with E-state index in [1.54, 1.807) is 12.1 Å². The van der Waals surface area contributed by atoms with Gasteiger partial charge in [-0.25, -0.2) is 13.2 Å². The highest BCUT2D eigenvalue weighted by molar-refractivity contribution is 7.92. The molecule has 0 saturated heterocycles. The minimum Gasteiger partial charge on any atom is -0.480 e. The van der Waals surface area contributed by atoms with Crippen LogP contribution in [0.4, 0.5) is 5.69 Å². The van der Waals surface area contributed by atoms with E-state index in [4.69, 9.17) is 23.2 Å². The van der Waals surface area contributed by atoms with Crippen molar-refractivity contribution in [2.45, 2.75) is 17.9 Å². The van der Waals surface area contributed by atoms with Crippen molar-refractivity contribution in [3.8, 4) is 0 Å². The highest BCUT2D eigenvalue weighted by Crippen LogP contribution is 2.29. The van der Waals surface area contributed by atoms with Gasteiger partial charge in [0, 0.05) is 10.0 Å². The summed E-state index contributed by atoms with van der Waals surface area (Å²) in [6, 6.07) is 10.2. The number of sulfonamides is 1. The topological polar surface area (TPSA) is 74.7 Å². The second kappa shape index (κ2) is 6.78. The molecule has 0 aliphatic heterocycles. The van der Waals surface area contributed by atoms with Crippen molar-refractivity contribution in [2.24, 2.45) is 0 Å². The van der Waals surface area contributed by atoms with Gasteiger partial charge in [-0.15, -0.1) is 0 Å². The molecule has 0 aliphatic carbocycles. The Morgan fingerprint density at radius 2 is 1.70 bits per heavy atom. The average molecular weight is 374 g/mol. The Hall–Kier alpha value is -1.76. The number of hydrogen-bond donors (Lipinski definition) is 1. The van der Waals surface area contributed by atoms with Gasteiger partial charge in [0.25, 0.3) is 10.0 Å². The van der Waals surface area contributed by atoms with Crippen LogP contribution in [-0.4, -0.2) is 25.5 Å². The van der Waals surface area contributed by atoms with Crippen molar-refractivity contribution in [2.75, 3.05) is 4.31 Å². The predicted octanol–water partition coefficient (Wildman–Crippen LogP) is 3.66. The number of benzene rings is 2. The van der Waals surface area contributed by atoms with Crippen molar-refractivity contribution >= 4 is 44.9 Å². The number of nitrogens with zero attached hydrogens (tertiary/aromatic N) is 1. The highest BCUT2D eigenvalue weighted by Gasteiger charge is 2.33. The first-order chi connectivity index (χ1) is 10.7. The lowest BCUT2D eigenvalue weighted by Gasteiger charge is -2.28. The van der Waals surface area contributed by atoms with Gasteiger partial charge < -0.3 is 5.11 Å². The van der Waals surface area contributed by atoms with E-state index in [0.29, 0.717) is 10.0 Å². The summed E-state index contributed by atoms with van der Waals surface area (Å²) in [6.45, 7) is 1.29. The zero-order valence-corrected chi connectivity index (χ0v) is 14.3. The van der Waals surface area contributed by atoms with Crippen LogP contribution in [0.5, 0.6) is 0 Å². The first-order valence-corrected chi connectivity index (χ1v) is 8.71. The lowest BCUT2D eigenvalue weighted by atomic mass is 10.2. The van der Waals surface area contributed by atoms with Gasteiger partial charge in [-0.05, 0) is 49.4 Å². The van der Waals surface area contributed by atoms with Gasteiger partial charge in [0.15, 0.2) is 0 Å². The molecule has 0 aromatic heterocycles. The molecule has 122 valence electrons. The van der Waals surface area contributed by atoms with Crippen LogP contribution in [0, 0.1) is 0 Å². The molecule has 2 aromatic carbocycles. The maximum atomic E-state index is 12.9. The Balaban J connectivity index is 2.61. The van der Waals surface area contributed by atoms with Crippen molar-refractivity contribution in [1.82, 2.24) is 0 Å².